The minimum Gasteiger partial charge on any atom is -0.457 e. The van der Waals surface area contributed by atoms with Gasteiger partial charge in [0.25, 0.3) is 11.1 Å². The topological polar surface area (TPSA) is 166 Å². The van der Waals surface area contributed by atoms with Crippen molar-refractivity contribution in [2.24, 2.45) is 0 Å². The van der Waals surface area contributed by atoms with Gasteiger partial charge in [-0.2, -0.15) is 46.8 Å². The number of hydrogen-bond donors (Lipinski definition) is 1. The monoisotopic (exact) mass is 993 g/mol. The SMILES string of the molecule is N#Cc1ccc(C(F)(F)F)c(Oc2ccc3c(c2)c(=O)ncn3Cc2c(F)cc(F)cc2F)c1.O=c1ncn(Cc2c(F)cc(F)cc2F)c2ccc(Oc3cc(-c4nn[nH]n4)ccc3C(F)(F)F)cc12. The predicted molar refractivity (Wildman–Crippen MR) is 224 cm³/mol. The van der Waals surface area contributed by atoms with Crippen LogP contribution in [0.15, 0.2) is 119 Å². The second kappa shape index (κ2) is 19.1. The van der Waals surface area contributed by atoms with Gasteiger partial charge in [0.05, 0.1) is 70.3 Å². The van der Waals surface area contributed by atoms with Crippen LogP contribution in [0, 0.1) is 46.2 Å². The average Bonchev–Trinajstić information content (AvgIpc) is 3.85. The summed E-state index contributed by atoms with van der Waals surface area (Å²) >= 11 is 0. The van der Waals surface area contributed by atoms with Crippen LogP contribution in [0.5, 0.6) is 23.0 Å². The maximum Gasteiger partial charge on any atom is 0.419 e. The average molecular weight is 994 g/mol. The lowest BCUT2D eigenvalue weighted by Gasteiger charge is -2.16. The molecule has 0 bridgehead atoms. The zero-order valence-electron chi connectivity index (χ0n) is 35.1. The van der Waals surface area contributed by atoms with E-state index in [4.69, 9.17) is 14.7 Å². The number of fused-ring (bicyclic) bond motifs is 2. The Hall–Kier alpha value is -9.08. The van der Waals surface area contributed by atoms with E-state index in [2.05, 4.69) is 30.6 Å². The molecule has 13 nitrogen and oxygen atoms in total. The molecular weight excluding hydrogens is 971 g/mol. The van der Waals surface area contributed by atoms with Crippen LogP contribution in [-0.2, 0) is 25.4 Å². The van der Waals surface area contributed by atoms with Crippen LogP contribution >= 0.6 is 0 Å². The third-order valence-corrected chi connectivity index (χ3v) is 10.3. The summed E-state index contributed by atoms with van der Waals surface area (Å²) < 4.78 is 177. The zero-order valence-corrected chi connectivity index (χ0v) is 35.1. The molecule has 0 saturated carbocycles. The van der Waals surface area contributed by atoms with Gasteiger partial charge in [-0.05, 0) is 71.9 Å². The van der Waals surface area contributed by atoms with Gasteiger partial charge in [0.1, 0.15) is 57.9 Å². The van der Waals surface area contributed by atoms with Crippen molar-refractivity contribution in [1.82, 2.24) is 39.7 Å². The zero-order chi connectivity index (χ0) is 50.9. The molecule has 9 aromatic rings. The molecule has 0 aliphatic rings. The van der Waals surface area contributed by atoms with Crippen LogP contribution in [0.3, 0.4) is 0 Å². The van der Waals surface area contributed by atoms with Gasteiger partial charge in [0.15, 0.2) is 0 Å². The van der Waals surface area contributed by atoms with E-state index in [9.17, 15) is 62.3 Å². The second-order valence-electron chi connectivity index (χ2n) is 14.9. The van der Waals surface area contributed by atoms with Gasteiger partial charge in [-0.15, -0.1) is 10.2 Å². The Bertz CT molecular complexity index is 3640. The molecule has 3 aromatic heterocycles. The molecule has 0 aliphatic carbocycles. The molecule has 0 amide bonds. The highest BCUT2D eigenvalue weighted by molar-refractivity contribution is 5.81. The Morgan fingerprint density at radius 1 is 0.577 bits per heavy atom. The first-order chi connectivity index (χ1) is 33.7. The van der Waals surface area contributed by atoms with Gasteiger partial charge in [-0.1, -0.05) is 6.07 Å². The summed E-state index contributed by atoms with van der Waals surface area (Å²) in [4.78, 5) is 32.0. The number of aromatic nitrogens is 8. The molecular formula is C46H23F12N9O4. The highest BCUT2D eigenvalue weighted by Gasteiger charge is 2.36. The van der Waals surface area contributed by atoms with Crippen LogP contribution < -0.4 is 20.6 Å². The lowest BCUT2D eigenvalue weighted by molar-refractivity contribution is -0.139. The molecule has 3 heterocycles. The molecule has 0 radical (unpaired) electrons. The standard InChI is InChI=1S/C23H12F6N6O2.C23H11F6N3O2/c24-12-6-17(25)15(18(26)7-12)9-35-10-30-22(36)14-8-13(2-4-19(14)35)37-20-5-11(21-31-33-34-32-21)1-3-16(20)23(27,28)29;24-13-6-18(25)16(19(26)7-13)10-32-11-31-22(33)15-8-14(2-4-20(15)32)34-21-5-12(9-30)1-3-17(21)23(27,28)29/h1-8,10H,9H2,(H,31,32,33,34);1-8,11H,10H2. The Morgan fingerprint density at radius 3 is 1.45 bits per heavy atom. The van der Waals surface area contributed by atoms with Crippen LogP contribution in [0.4, 0.5) is 52.7 Å². The summed E-state index contributed by atoms with van der Waals surface area (Å²) in [5, 5.41) is 21.8. The van der Waals surface area contributed by atoms with Crippen molar-refractivity contribution in [3.05, 3.63) is 193 Å². The summed E-state index contributed by atoms with van der Waals surface area (Å²) in [5.74, 6) is -8.24. The van der Waals surface area contributed by atoms with Crippen molar-refractivity contribution in [3.8, 4) is 40.5 Å². The highest BCUT2D eigenvalue weighted by Crippen LogP contribution is 2.41. The van der Waals surface area contributed by atoms with E-state index in [1.165, 1.54) is 33.4 Å². The number of H-pyrrole nitrogens is 1. The molecule has 360 valence electrons. The van der Waals surface area contributed by atoms with Crippen LogP contribution in [0.2, 0.25) is 0 Å². The molecule has 0 saturated heterocycles. The van der Waals surface area contributed by atoms with Crippen molar-refractivity contribution in [1.29, 1.82) is 5.26 Å². The molecule has 9 rings (SSSR count). The van der Waals surface area contributed by atoms with Crippen molar-refractivity contribution in [2.75, 3.05) is 0 Å². The summed E-state index contributed by atoms with van der Waals surface area (Å²) in [6.45, 7) is -0.878. The number of alkyl halides is 6. The quantitative estimate of drug-likeness (QED) is 0.138. The van der Waals surface area contributed by atoms with Crippen LogP contribution in [-0.4, -0.2) is 39.7 Å². The Morgan fingerprint density at radius 2 is 1.03 bits per heavy atom. The molecule has 0 atom stereocenters. The van der Waals surface area contributed by atoms with E-state index >= 15 is 0 Å². The summed E-state index contributed by atoms with van der Waals surface area (Å²) in [7, 11) is 0. The number of nitriles is 1. The number of nitrogens with zero attached hydrogens (tertiary/aromatic N) is 8. The fourth-order valence-electron chi connectivity index (χ4n) is 6.98. The predicted octanol–water partition coefficient (Wildman–Crippen LogP) is 10.4. The minimum absolute atomic E-state index is 0.0319. The maximum atomic E-state index is 14.1. The van der Waals surface area contributed by atoms with Crippen molar-refractivity contribution in [3.63, 3.8) is 0 Å². The first-order valence-electron chi connectivity index (χ1n) is 19.8. The number of ether oxygens (including phenoxy) is 2. The van der Waals surface area contributed by atoms with Crippen LogP contribution in [0.25, 0.3) is 33.2 Å². The van der Waals surface area contributed by atoms with E-state index < -0.39 is 105 Å². The van der Waals surface area contributed by atoms with E-state index in [-0.39, 0.29) is 50.3 Å². The molecule has 1 N–H and O–H groups in total. The first kappa shape index (κ1) is 48.4. The molecule has 0 unspecified atom stereocenters. The smallest absolute Gasteiger partial charge is 0.419 e. The van der Waals surface area contributed by atoms with E-state index in [0.717, 1.165) is 55.1 Å². The summed E-state index contributed by atoms with van der Waals surface area (Å²) in [5.41, 5.74) is -4.27. The lowest BCUT2D eigenvalue weighted by Crippen LogP contribution is -2.14. The molecule has 25 heteroatoms. The van der Waals surface area contributed by atoms with Gasteiger partial charge >= 0.3 is 12.4 Å². The lowest BCUT2D eigenvalue weighted by atomic mass is 10.1. The van der Waals surface area contributed by atoms with Crippen molar-refractivity contribution < 1.29 is 62.2 Å². The molecule has 0 spiro atoms. The highest BCUT2D eigenvalue weighted by atomic mass is 19.4. The normalized spacial score (nSPS) is 11.6. The van der Waals surface area contributed by atoms with Gasteiger partial charge in [0, 0.05) is 41.0 Å². The Labute approximate surface area is 387 Å². The molecule has 0 fully saturated rings. The fraction of sp³-hybridized carbons (Fsp3) is 0.0870. The van der Waals surface area contributed by atoms with E-state index in [1.54, 1.807) is 6.07 Å². The third-order valence-electron chi connectivity index (χ3n) is 10.3. The fourth-order valence-corrected chi connectivity index (χ4v) is 6.98. The number of hydrogen-bond acceptors (Lipinski definition) is 10. The van der Waals surface area contributed by atoms with Gasteiger partial charge < -0.3 is 18.6 Å². The Balaban J connectivity index is 0.000000191. The number of nitrogens with one attached hydrogen (secondary N) is 1. The Kier molecular flexibility index (Phi) is 13.0. The third kappa shape index (κ3) is 10.5. The minimum atomic E-state index is -4.77. The number of aromatic amines is 1. The molecule has 71 heavy (non-hydrogen) atoms. The first-order valence-corrected chi connectivity index (χ1v) is 19.8. The largest absolute Gasteiger partial charge is 0.457 e. The van der Waals surface area contributed by atoms with E-state index in [1.807, 2.05) is 0 Å². The second-order valence-corrected chi connectivity index (χ2v) is 14.9. The van der Waals surface area contributed by atoms with Crippen molar-refractivity contribution in [2.45, 2.75) is 25.4 Å². The van der Waals surface area contributed by atoms with Gasteiger partial charge in [-0.3, -0.25) is 9.59 Å². The van der Waals surface area contributed by atoms with Crippen molar-refractivity contribution >= 4 is 21.8 Å². The summed E-state index contributed by atoms with van der Waals surface area (Å²) in [6.07, 6.45) is -7.45. The van der Waals surface area contributed by atoms with Gasteiger partial charge in [-0.25, -0.2) is 26.3 Å². The molecule has 0 aliphatic heterocycles. The van der Waals surface area contributed by atoms with Crippen LogP contribution in [0.1, 0.15) is 27.8 Å². The van der Waals surface area contributed by atoms with E-state index in [0.29, 0.717) is 30.3 Å². The van der Waals surface area contributed by atoms with Gasteiger partial charge in [0.2, 0.25) is 5.82 Å². The number of tetrazole rings is 1. The number of halogens is 12. The number of rotatable bonds is 9. The number of benzene rings is 6. The molecule has 6 aromatic carbocycles. The maximum absolute atomic E-state index is 14.1. The summed E-state index contributed by atoms with van der Waals surface area (Å²) in [6, 6.07) is 16.8.